The molecule has 0 aromatic heterocycles. The van der Waals surface area contributed by atoms with Crippen LogP contribution in [0.4, 0.5) is 0 Å². The number of rotatable bonds is 5. The van der Waals surface area contributed by atoms with E-state index in [1.54, 1.807) is 6.07 Å². The first kappa shape index (κ1) is 15.6. The number of nitrogens with zero attached hydrogens (tertiary/aromatic N) is 1. The van der Waals surface area contributed by atoms with Gasteiger partial charge in [-0.1, -0.05) is 0 Å². The van der Waals surface area contributed by atoms with E-state index in [1.165, 1.54) is 26.4 Å². The summed E-state index contributed by atoms with van der Waals surface area (Å²) in [5.41, 5.74) is 0. The van der Waals surface area contributed by atoms with Gasteiger partial charge in [0.2, 0.25) is 10.0 Å². The fraction of sp³-hybridized carbons (Fsp3) is 0.462. The summed E-state index contributed by atoms with van der Waals surface area (Å²) in [5.74, 6) is -0.469. The molecule has 0 amide bonds. The van der Waals surface area contributed by atoms with Gasteiger partial charge < -0.3 is 14.6 Å². The SMILES string of the molecule is COc1cc(OC)cc(S(=O)(=O)N2CCCC2C(=O)O)c1. The third-order valence-electron chi connectivity index (χ3n) is 3.42. The smallest absolute Gasteiger partial charge is 0.322 e. The quantitative estimate of drug-likeness (QED) is 0.869. The van der Waals surface area contributed by atoms with Crippen LogP contribution in [-0.2, 0) is 14.8 Å². The monoisotopic (exact) mass is 315 g/mol. The third kappa shape index (κ3) is 2.96. The van der Waals surface area contributed by atoms with Crippen LogP contribution >= 0.6 is 0 Å². The van der Waals surface area contributed by atoms with Gasteiger partial charge in [-0.25, -0.2) is 8.42 Å². The predicted octanol–water partition coefficient (Wildman–Crippen LogP) is 0.941. The minimum absolute atomic E-state index is 0.0353. The number of hydrogen-bond donors (Lipinski definition) is 1. The van der Waals surface area contributed by atoms with Crippen molar-refractivity contribution in [1.29, 1.82) is 0 Å². The van der Waals surface area contributed by atoms with Gasteiger partial charge in [-0.2, -0.15) is 4.31 Å². The molecule has 1 heterocycles. The minimum atomic E-state index is -3.91. The molecule has 1 aromatic rings. The molecule has 0 bridgehead atoms. The van der Waals surface area contributed by atoms with Crippen LogP contribution in [0.25, 0.3) is 0 Å². The number of methoxy groups -OCH3 is 2. The number of carbonyl (C=O) groups is 1. The third-order valence-corrected chi connectivity index (χ3v) is 5.31. The average molecular weight is 315 g/mol. The van der Waals surface area contributed by atoms with Crippen LogP contribution < -0.4 is 9.47 Å². The van der Waals surface area contributed by atoms with Crippen molar-refractivity contribution in [2.75, 3.05) is 20.8 Å². The lowest BCUT2D eigenvalue weighted by molar-refractivity contribution is -0.140. The first-order valence-corrected chi connectivity index (χ1v) is 7.82. The van der Waals surface area contributed by atoms with E-state index in [4.69, 9.17) is 14.6 Å². The molecule has 1 fully saturated rings. The normalized spacial score (nSPS) is 19.4. The number of aliphatic carboxylic acids is 1. The Kier molecular flexibility index (Phi) is 4.38. The maximum atomic E-state index is 12.6. The second-order valence-electron chi connectivity index (χ2n) is 4.66. The summed E-state index contributed by atoms with van der Waals surface area (Å²) in [6, 6.07) is 3.24. The maximum absolute atomic E-state index is 12.6. The summed E-state index contributed by atoms with van der Waals surface area (Å²) < 4.78 is 36.4. The lowest BCUT2D eigenvalue weighted by Gasteiger charge is -2.21. The summed E-state index contributed by atoms with van der Waals surface area (Å²) in [6.45, 7) is 0.193. The molecule has 0 saturated carbocycles. The van der Waals surface area contributed by atoms with Crippen molar-refractivity contribution in [3.63, 3.8) is 0 Å². The van der Waals surface area contributed by atoms with Crippen molar-refractivity contribution in [2.24, 2.45) is 0 Å². The summed E-state index contributed by atoms with van der Waals surface area (Å²) >= 11 is 0. The first-order valence-electron chi connectivity index (χ1n) is 6.38. The summed E-state index contributed by atoms with van der Waals surface area (Å²) in [7, 11) is -1.07. The fourth-order valence-electron chi connectivity index (χ4n) is 2.34. The Balaban J connectivity index is 2.46. The molecule has 2 rings (SSSR count). The van der Waals surface area contributed by atoms with E-state index in [2.05, 4.69) is 0 Å². The number of carboxylic acid groups (broad SMARTS) is 1. The molecule has 116 valence electrons. The average Bonchev–Trinajstić information content (AvgIpc) is 2.97. The number of hydrogen-bond acceptors (Lipinski definition) is 5. The van der Waals surface area contributed by atoms with Gasteiger partial charge in [-0.15, -0.1) is 0 Å². The van der Waals surface area contributed by atoms with Crippen molar-refractivity contribution >= 4 is 16.0 Å². The molecule has 0 radical (unpaired) electrons. The number of ether oxygens (including phenoxy) is 2. The Morgan fingerprint density at radius 1 is 1.24 bits per heavy atom. The summed E-state index contributed by atoms with van der Waals surface area (Å²) in [5, 5.41) is 9.14. The van der Waals surface area contributed by atoms with Crippen LogP contribution in [0.1, 0.15) is 12.8 Å². The highest BCUT2D eigenvalue weighted by Gasteiger charge is 2.39. The van der Waals surface area contributed by atoms with Crippen molar-refractivity contribution in [3.05, 3.63) is 18.2 Å². The lowest BCUT2D eigenvalue weighted by atomic mass is 10.2. The molecule has 1 aliphatic rings. The second kappa shape index (κ2) is 5.90. The van der Waals surface area contributed by atoms with Crippen LogP contribution in [0, 0.1) is 0 Å². The highest BCUT2D eigenvalue weighted by Crippen LogP contribution is 2.31. The van der Waals surface area contributed by atoms with Gasteiger partial charge in [-0.05, 0) is 12.8 Å². The number of benzene rings is 1. The van der Waals surface area contributed by atoms with Gasteiger partial charge in [0, 0.05) is 24.7 Å². The van der Waals surface area contributed by atoms with E-state index in [9.17, 15) is 13.2 Å². The van der Waals surface area contributed by atoms with Gasteiger partial charge in [0.1, 0.15) is 17.5 Å². The van der Waals surface area contributed by atoms with E-state index in [0.717, 1.165) is 4.31 Å². The number of carboxylic acids is 1. The van der Waals surface area contributed by atoms with Crippen molar-refractivity contribution in [2.45, 2.75) is 23.8 Å². The molecule has 1 atom stereocenters. The van der Waals surface area contributed by atoms with Gasteiger partial charge in [0.25, 0.3) is 0 Å². The zero-order valence-corrected chi connectivity index (χ0v) is 12.6. The Hall–Kier alpha value is -1.80. The van der Waals surface area contributed by atoms with Crippen LogP contribution in [0.3, 0.4) is 0 Å². The van der Waals surface area contributed by atoms with Gasteiger partial charge in [0.05, 0.1) is 19.1 Å². The maximum Gasteiger partial charge on any atom is 0.322 e. The van der Waals surface area contributed by atoms with Crippen LogP contribution in [0.15, 0.2) is 23.1 Å². The first-order chi connectivity index (χ1) is 9.90. The molecular weight excluding hydrogens is 298 g/mol. The van der Waals surface area contributed by atoms with Crippen LogP contribution in [-0.4, -0.2) is 50.6 Å². The molecule has 21 heavy (non-hydrogen) atoms. The largest absolute Gasteiger partial charge is 0.497 e. The van der Waals surface area contributed by atoms with E-state index in [1.807, 2.05) is 0 Å². The molecule has 1 saturated heterocycles. The second-order valence-corrected chi connectivity index (χ2v) is 6.55. The topological polar surface area (TPSA) is 93.1 Å². The highest BCUT2D eigenvalue weighted by molar-refractivity contribution is 7.89. The van der Waals surface area contributed by atoms with E-state index in [0.29, 0.717) is 24.3 Å². The van der Waals surface area contributed by atoms with E-state index < -0.39 is 22.0 Å². The molecule has 1 aromatic carbocycles. The molecule has 0 spiro atoms. The Morgan fingerprint density at radius 3 is 2.29 bits per heavy atom. The standard InChI is InChI=1S/C13H17NO6S/c1-19-9-6-10(20-2)8-11(7-9)21(17,18)14-5-3-4-12(14)13(15)16/h6-8,12H,3-5H2,1-2H3,(H,15,16). The van der Waals surface area contributed by atoms with E-state index in [-0.39, 0.29) is 11.4 Å². The lowest BCUT2D eigenvalue weighted by Crippen LogP contribution is -2.40. The predicted molar refractivity (Wildman–Crippen MR) is 74.1 cm³/mol. The molecule has 7 nitrogen and oxygen atoms in total. The molecule has 1 N–H and O–H groups in total. The van der Waals surface area contributed by atoms with Crippen molar-refractivity contribution in [3.8, 4) is 11.5 Å². The fourth-order valence-corrected chi connectivity index (χ4v) is 4.04. The van der Waals surface area contributed by atoms with Crippen molar-refractivity contribution in [1.82, 2.24) is 4.31 Å². The molecule has 1 unspecified atom stereocenters. The zero-order valence-electron chi connectivity index (χ0n) is 11.8. The summed E-state index contributed by atoms with van der Waals surface area (Å²) in [4.78, 5) is 11.1. The van der Waals surface area contributed by atoms with Gasteiger partial charge >= 0.3 is 5.97 Å². The molecular formula is C13H17NO6S. The number of sulfonamides is 1. The molecule has 1 aliphatic heterocycles. The van der Waals surface area contributed by atoms with E-state index >= 15 is 0 Å². The highest BCUT2D eigenvalue weighted by atomic mass is 32.2. The Labute approximate surface area is 123 Å². The minimum Gasteiger partial charge on any atom is -0.497 e. The van der Waals surface area contributed by atoms with Gasteiger partial charge in [-0.3, -0.25) is 4.79 Å². The Morgan fingerprint density at radius 2 is 1.81 bits per heavy atom. The molecule has 0 aliphatic carbocycles. The Bertz CT molecular complexity index is 620. The zero-order chi connectivity index (χ0) is 15.6. The van der Waals surface area contributed by atoms with Gasteiger partial charge in [0.15, 0.2) is 0 Å². The van der Waals surface area contributed by atoms with Crippen molar-refractivity contribution < 1.29 is 27.8 Å². The van der Waals surface area contributed by atoms with Crippen LogP contribution in [0.2, 0.25) is 0 Å². The molecule has 8 heteroatoms. The van der Waals surface area contributed by atoms with Crippen LogP contribution in [0.5, 0.6) is 11.5 Å². The summed E-state index contributed by atoms with van der Waals surface area (Å²) in [6.07, 6.45) is 0.840.